The lowest BCUT2D eigenvalue weighted by molar-refractivity contribution is 0.0693. The number of aromatic amines is 1. The second-order valence-electron chi connectivity index (χ2n) is 4.32. The molecule has 2 rings (SSSR count). The molecule has 1 aromatic carbocycles. The van der Waals surface area contributed by atoms with E-state index in [0.29, 0.717) is 15.1 Å². The number of aromatic nitrogens is 3. The van der Waals surface area contributed by atoms with Crippen molar-refractivity contribution in [3.63, 3.8) is 0 Å². The maximum atomic E-state index is 11.6. The van der Waals surface area contributed by atoms with Crippen molar-refractivity contribution in [1.82, 2.24) is 14.8 Å². The second kappa shape index (κ2) is 5.72. The van der Waals surface area contributed by atoms with Gasteiger partial charge in [0.2, 0.25) is 0 Å². The molecule has 6 nitrogen and oxygen atoms in total. The molecule has 0 atom stereocenters. The first-order valence-electron chi connectivity index (χ1n) is 5.77. The first-order valence-corrected chi connectivity index (χ1v) is 6.97. The van der Waals surface area contributed by atoms with Crippen LogP contribution in [0.4, 0.5) is 0 Å². The molecule has 0 unspecified atom stereocenters. The van der Waals surface area contributed by atoms with Crippen molar-refractivity contribution < 1.29 is 9.90 Å². The van der Waals surface area contributed by atoms with Crippen molar-refractivity contribution in [2.75, 3.05) is 0 Å². The van der Waals surface area contributed by atoms with E-state index in [2.05, 4.69) is 10.2 Å². The van der Waals surface area contributed by atoms with Gasteiger partial charge in [0, 0.05) is 16.0 Å². The molecule has 0 bridgehead atoms. The molecule has 0 saturated heterocycles. The quantitative estimate of drug-likeness (QED) is 0.906. The lowest BCUT2D eigenvalue weighted by atomic mass is 10.2. The average Bonchev–Trinajstić information content (AvgIpc) is 2.72. The van der Waals surface area contributed by atoms with Gasteiger partial charge in [-0.1, -0.05) is 11.6 Å². The summed E-state index contributed by atoms with van der Waals surface area (Å²) in [4.78, 5) is 23.3. The molecule has 0 amide bonds. The minimum Gasteiger partial charge on any atom is -0.478 e. The lowest BCUT2D eigenvalue weighted by Gasteiger charge is -2.10. The summed E-state index contributed by atoms with van der Waals surface area (Å²) in [7, 11) is 0. The smallest absolute Gasteiger partial charge is 0.344 e. The van der Waals surface area contributed by atoms with E-state index in [0.717, 1.165) is 11.8 Å². The molecule has 106 valence electrons. The highest BCUT2D eigenvalue weighted by molar-refractivity contribution is 7.99. The van der Waals surface area contributed by atoms with E-state index in [4.69, 9.17) is 11.6 Å². The minimum absolute atomic E-state index is 0.0771. The molecular weight excluding hydrogens is 302 g/mol. The zero-order valence-corrected chi connectivity index (χ0v) is 12.3. The standard InChI is InChI=1S/C12H12ClN3O3S/c1-6(2)16-11(19)14-15-12(16)20-9-4-3-7(13)5-8(9)10(17)18/h3-6H,1-2H3,(H,14,19)(H,17,18). The highest BCUT2D eigenvalue weighted by atomic mass is 35.5. The Hall–Kier alpha value is -1.73. The minimum atomic E-state index is -1.08. The molecule has 1 heterocycles. The number of carboxylic acids is 1. The number of hydrogen-bond donors (Lipinski definition) is 2. The molecule has 0 aliphatic carbocycles. The summed E-state index contributed by atoms with van der Waals surface area (Å²) < 4.78 is 1.46. The van der Waals surface area contributed by atoms with Gasteiger partial charge in [-0.05, 0) is 43.8 Å². The van der Waals surface area contributed by atoms with Crippen LogP contribution in [0.15, 0.2) is 33.0 Å². The van der Waals surface area contributed by atoms with Gasteiger partial charge in [-0.3, -0.25) is 4.57 Å². The molecule has 0 radical (unpaired) electrons. The molecule has 20 heavy (non-hydrogen) atoms. The van der Waals surface area contributed by atoms with Crippen LogP contribution in [0.1, 0.15) is 30.2 Å². The van der Waals surface area contributed by atoms with Gasteiger partial charge in [0.05, 0.1) is 5.56 Å². The van der Waals surface area contributed by atoms with Crippen LogP contribution in [-0.2, 0) is 0 Å². The monoisotopic (exact) mass is 313 g/mol. The number of hydrogen-bond acceptors (Lipinski definition) is 4. The van der Waals surface area contributed by atoms with Crippen molar-refractivity contribution in [3.8, 4) is 0 Å². The van der Waals surface area contributed by atoms with Crippen molar-refractivity contribution >= 4 is 29.3 Å². The number of aromatic carboxylic acids is 1. The van der Waals surface area contributed by atoms with Crippen LogP contribution in [-0.4, -0.2) is 25.8 Å². The van der Waals surface area contributed by atoms with Crippen LogP contribution in [0.25, 0.3) is 0 Å². The summed E-state index contributed by atoms with van der Waals surface area (Å²) in [5, 5.41) is 16.2. The number of benzene rings is 1. The van der Waals surface area contributed by atoms with E-state index in [1.165, 1.54) is 10.6 Å². The van der Waals surface area contributed by atoms with Crippen LogP contribution < -0.4 is 5.69 Å². The van der Waals surface area contributed by atoms with E-state index in [-0.39, 0.29) is 17.3 Å². The molecule has 2 aromatic rings. The van der Waals surface area contributed by atoms with Crippen LogP contribution in [0.5, 0.6) is 0 Å². The SMILES string of the molecule is CC(C)n1c(Sc2ccc(Cl)cc2C(=O)O)n[nH]c1=O. The van der Waals surface area contributed by atoms with E-state index >= 15 is 0 Å². The molecule has 8 heteroatoms. The van der Waals surface area contributed by atoms with E-state index in [1.807, 2.05) is 13.8 Å². The fourth-order valence-electron chi connectivity index (χ4n) is 1.67. The highest BCUT2D eigenvalue weighted by Crippen LogP contribution is 2.31. The third kappa shape index (κ3) is 2.88. The number of rotatable bonds is 4. The number of carboxylic acid groups (broad SMARTS) is 1. The average molecular weight is 314 g/mol. The van der Waals surface area contributed by atoms with Gasteiger partial charge >= 0.3 is 11.7 Å². The first-order chi connectivity index (χ1) is 9.40. The first kappa shape index (κ1) is 14.7. The zero-order chi connectivity index (χ0) is 14.9. The fraction of sp³-hybridized carbons (Fsp3) is 0.250. The molecule has 2 N–H and O–H groups in total. The lowest BCUT2D eigenvalue weighted by Crippen LogP contribution is -2.19. The Morgan fingerprint density at radius 2 is 2.20 bits per heavy atom. The number of H-pyrrole nitrogens is 1. The molecule has 0 spiro atoms. The Kier molecular flexibility index (Phi) is 4.20. The summed E-state index contributed by atoms with van der Waals surface area (Å²) >= 11 is 6.91. The number of carbonyl (C=O) groups is 1. The van der Waals surface area contributed by atoms with Gasteiger partial charge < -0.3 is 5.11 Å². The molecule has 0 saturated carbocycles. The molecular formula is C12H12ClN3O3S. The van der Waals surface area contributed by atoms with Gasteiger partial charge in [-0.2, -0.15) is 0 Å². The van der Waals surface area contributed by atoms with Crippen LogP contribution in [0.3, 0.4) is 0 Å². The summed E-state index contributed by atoms with van der Waals surface area (Å²) in [6.45, 7) is 3.70. The number of nitrogens with zero attached hydrogens (tertiary/aromatic N) is 2. The van der Waals surface area contributed by atoms with Crippen molar-refractivity contribution in [2.45, 2.75) is 29.9 Å². The van der Waals surface area contributed by atoms with Gasteiger partial charge in [0.15, 0.2) is 5.16 Å². The Labute approximate surface area is 123 Å². The van der Waals surface area contributed by atoms with Crippen LogP contribution in [0.2, 0.25) is 5.02 Å². The van der Waals surface area contributed by atoms with Crippen molar-refractivity contribution in [2.24, 2.45) is 0 Å². The summed E-state index contributed by atoms with van der Waals surface area (Å²) in [5.74, 6) is -1.08. The predicted octanol–water partition coefficient (Wildman–Crippen LogP) is 2.66. The molecule has 0 aliphatic heterocycles. The van der Waals surface area contributed by atoms with E-state index < -0.39 is 5.97 Å². The third-order valence-electron chi connectivity index (χ3n) is 2.56. The molecule has 0 fully saturated rings. The summed E-state index contributed by atoms with van der Waals surface area (Å²) in [5.41, 5.74) is -0.249. The van der Waals surface area contributed by atoms with Crippen molar-refractivity contribution in [1.29, 1.82) is 0 Å². The van der Waals surface area contributed by atoms with E-state index in [9.17, 15) is 14.7 Å². The Morgan fingerprint density at radius 3 is 2.80 bits per heavy atom. The van der Waals surface area contributed by atoms with Crippen molar-refractivity contribution in [3.05, 3.63) is 39.3 Å². The topological polar surface area (TPSA) is 88.0 Å². The molecule has 1 aromatic heterocycles. The number of halogens is 1. The largest absolute Gasteiger partial charge is 0.478 e. The highest BCUT2D eigenvalue weighted by Gasteiger charge is 2.17. The van der Waals surface area contributed by atoms with Gasteiger partial charge in [0.1, 0.15) is 0 Å². The van der Waals surface area contributed by atoms with Gasteiger partial charge in [-0.25, -0.2) is 14.7 Å². The fourth-order valence-corrected chi connectivity index (χ4v) is 2.92. The predicted molar refractivity (Wildman–Crippen MR) is 75.8 cm³/mol. The molecule has 0 aliphatic rings. The van der Waals surface area contributed by atoms with Gasteiger partial charge in [-0.15, -0.1) is 5.10 Å². The maximum absolute atomic E-state index is 11.6. The third-order valence-corrected chi connectivity index (χ3v) is 3.84. The second-order valence-corrected chi connectivity index (χ2v) is 5.77. The summed E-state index contributed by atoms with van der Waals surface area (Å²) in [6, 6.07) is 4.49. The Bertz CT molecular complexity index is 708. The summed E-state index contributed by atoms with van der Waals surface area (Å²) in [6.07, 6.45) is 0. The van der Waals surface area contributed by atoms with E-state index in [1.54, 1.807) is 12.1 Å². The zero-order valence-electron chi connectivity index (χ0n) is 10.8. The van der Waals surface area contributed by atoms with Gasteiger partial charge in [0.25, 0.3) is 0 Å². The number of nitrogens with one attached hydrogen (secondary N) is 1. The maximum Gasteiger partial charge on any atom is 0.344 e. The normalized spacial score (nSPS) is 11.0. The van der Waals surface area contributed by atoms with Crippen LogP contribution in [0, 0.1) is 0 Å². The Morgan fingerprint density at radius 1 is 1.50 bits per heavy atom. The van der Waals surface area contributed by atoms with Crippen LogP contribution >= 0.6 is 23.4 Å². The Balaban J connectivity index is 2.45.